The van der Waals surface area contributed by atoms with Crippen molar-refractivity contribution >= 4 is 5.97 Å². The molecule has 1 saturated heterocycles. The zero-order valence-corrected chi connectivity index (χ0v) is 12.9. The minimum atomic E-state index is -1.10. The van der Waals surface area contributed by atoms with Crippen LogP contribution in [0.25, 0.3) is 0 Å². The third kappa shape index (κ3) is 3.25. The van der Waals surface area contributed by atoms with E-state index in [2.05, 4.69) is 5.92 Å². The molecule has 2 aromatic carbocycles. The highest BCUT2D eigenvalue weighted by Crippen LogP contribution is 2.36. The molecule has 0 spiro atoms. The first-order valence-corrected chi connectivity index (χ1v) is 7.47. The molecule has 1 aliphatic rings. The number of carboxylic acid groups (broad SMARTS) is 1. The van der Waals surface area contributed by atoms with E-state index < -0.39 is 12.3 Å². The number of terminal acetylenes is 1. The van der Waals surface area contributed by atoms with Crippen LogP contribution in [0.4, 0.5) is 0 Å². The van der Waals surface area contributed by atoms with E-state index in [0.29, 0.717) is 31.1 Å². The van der Waals surface area contributed by atoms with Gasteiger partial charge in [0.05, 0.1) is 29.9 Å². The first-order valence-electron chi connectivity index (χ1n) is 7.47. The van der Waals surface area contributed by atoms with Gasteiger partial charge in [0.25, 0.3) is 0 Å². The first kappa shape index (κ1) is 16.1. The third-order valence-corrected chi connectivity index (χ3v) is 3.67. The van der Waals surface area contributed by atoms with Crippen molar-refractivity contribution in [1.29, 1.82) is 0 Å². The first-order chi connectivity index (χ1) is 11.7. The molecular formula is C19H16O5. The molecular weight excluding hydrogens is 308 g/mol. The summed E-state index contributed by atoms with van der Waals surface area (Å²) >= 11 is 0. The fraction of sp³-hybridized carbons (Fsp3) is 0.211. The summed E-state index contributed by atoms with van der Waals surface area (Å²) in [6.45, 7) is 1.17. The molecule has 0 aliphatic carbocycles. The maximum atomic E-state index is 11.4. The van der Waals surface area contributed by atoms with Gasteiger partial charge in [-0.1, -0.05) is 36.3 Å². The molecule has 122 valence electrons. The Morgan fingerprint density at radius 3 is 2.54 bits per heavy atom. The van der Waals surface area contributed by atoms with Crippen LogP contribution in [0, 0.1) is 12.3 Å². The van der Waals surface area contributed by atoms with Crippen LogP contribution < -0.4 is 4.74 Å². The van der Waals surface area contributed by atoms with E-state index in [9.17, 15) is 9.90 Å². The summed E-state index contributed by atoms with van der Waals surface area (Å²) in [6, 6.07) is 12.7. The Morgan fingerprint density at radius 1 is 1.21 bits per heavy atom. The van der Waals surface area contributed by atoms with Gasteiger partial charge in [0, 0.05) is 0 Å². The van der Waals surface area contributed by atoms with Gasteiger partial charge in [0.1, 0.15) is 12.4 Å². The number of ether oxygens (including phenoxy) is 3. The highest BCUT2D eigenvalue weighted by molar-refractivity contribution is 5.91. The molecule has 1 fully saturated rings. The van der Waals surface area contributed by atoms with Gasteiger partial charge in [0.2, 0.25) is 0 Å². The van der Waals surface area contributed by atoms with Gasteiger partial charge in [-0.05, 0) is 17.7 Å². The lowest BCUT2D eigenvalue weighted by atomic mass is 9.99. The zero-order chi connectivity index (χ0) is 16.9. The molecule has 0 radical (unpaired) electrons. The minimum absolute atomic E-state index is 0.0265. The molecule has 1 aliphatic heterocycles. The van der Waals surface area contributed by atoms with E-state index in [4.69, 9.17) is 20.6 Å². The van der Waals surface area contributed by atoms with Crippen molar-refractivity contribution in [3.63, 3.8) is 0 Å². The van der Waals surface area contributed by atoms with E-state index in [1.165, 1.54) is 6.07 Å². The average Bonchev–Trinajstić information content (AvgIpc) is 3.14. The predicted molar refractivity (Wildman–Crippen MR) is 86.8 cm³/mol. The molecule has 0 amide bonds. The number of hydrogen-bond acceptors (Lipinski definition) is 4. The number of carbonyl (C=O) groups is 1. The summed E-state index contributed by atoms with van der Waals surface area (Å²) in [6.07, 6.45) is 4.83. The highest BCUT2D eigenvalue weighted by Gasteiger charge is 2.28. The average molecular weight is 324 g/mol. The molecule has 5 nitrogen and oxygen atoms in total. The number of carboxylic acids is 1. The zero-order valence-electron chi connectivity index (χ0n) is 12.9. The Labute approximate surface area is 139 Å². The van der Waals surface area contributed by atoms with Crippen LogP contribution in [-0.2, 0) is 16.1 Å². The largest absolute Gasteiger partial charge is 0.488 e. The normalized spacial score (nSPS) is 14.3. The number of hydrogen-bond donors (Lipinski definition) is 1. The molecule has 3 rings (SSSR count). The predicted octanol–water partition coefficient (Wildman–Crippen LogP) is 2.99. The molecule has 0 atom stereocenters. The third-order valence-electron chi connectivity index (χ3n) is 3.67. The van der Waals surface area contributed by atoms with Crippen molar-refractivity contribution in [2.45, 2.75) is 12.9 Å². The fourth-order valence-electron chi connectivity index (χ4n) is 2.55. The second kappa shape index (κ2) is 7.18. The second-order valence-electron chi connectivity index (χ2n) is 5.20. The lowest BCUT2D eigenvalue weighted by molar-refractivity contribution is -0.0460. The summed E-state index contributed by atoms with van der Waals surface area (Å²) in [5.41, 5.74) is 1.69. The lowest BCUT2D eigenvalue weighted by Crippen LogP contribution is -2.11. The Bertz CT molecular complexity index is 770. The van der Waals surface area contributed by atoms with Crippen LogP contribution in [0.1, 0.15) is 33.3 Å². The number of benzene rings is 2. The number of rotatable bonds is 5. The quantitative estimate of drug-likeness (QED) is 0.857. The van der Waals surface area contributed by atoms with Crippen LogP contribution in [0.15, 0.2) is 42.5 Å². The molecule has 0 saturated carbocycles. The van der Waals surface area contributed by atoms with Gasteiger partial charge in [0.15, 0.2) is 6.29 Å². The van der Waals surface area contributed by atoms with Crippen molar-refractivity contribution in [3.8, 4) is 18.1 Å². The molecule has 0 aromatic heterocycles. The van der Waals surface area contributed by atoms with Crippen LogP contribution in [0.5, 0.6) is 5.75 Å². The Morgan fingerprint density at radius 2 is 1.92 bits per heavy atom. The summed E-state index contributed by atoms with van der Waals surface area (Å²) in [4.78, 5) is 11.4. The molecule has 1 N–H and O–H groups in total. The summed E-state index contributed by atoms with van der Waals surface area (Å²) in [7, 11) is 0. The Hall–Kier alpha value is -2.81. The van der Waals surface area contributed by atoms with Crippen LogP contribution in [-0.4, -0.2) is 24.3 Å². The fourth-order valence-corrected chi connectivity index (χ4v) is 2.55. The van der Waals surface area contributed by atoms with Crippen LogP contribution >= 0.6 is 0 Å². The standard InChI is InChI=1S/C19H16O5/c1-2-14-15(18(20)21)8-9-16(17(14)19-22-10-11-23-19)24-12-13-6-4-3-5-7-13/h1,3-9,19H,10-12H2,(H,20,21). The van der Waals surface area contributed by atoms with E-state index in [0.717, 1.165) is 5.56 Å². The SMILES string of the molecule is C#Cc1c(C(=O)O)ccc(OCc2ccccc2)c1C1OCCO1. The maximum absolute atomic E-state index is 11.4. The van der Waals surface area contributed by atoms with Gasteiger partial charge in [-0.3, -0.25) is 0 Å². The summed E-state index contributed by atoms with van der Waals surface area (Å²) in [5.74, 6) is 1.80. The summed E-state index contributed by atoms with van der Waals surface area (Å²) in [5, 5.41) is 9.34. The van der Waals surface area contributed by atoms with Gasteiger partial charge < -0.3 is 19.3 Å². The molecule has 0 unspecified atom stereocenters. The van der Waals surface area contributed by atoms with Gasteiger partial charge in [-0.25, -0.2) is 4.79 Å². The lowest BCUT2D eigenvalue weighted by Gasteiger charge is -2.18. The molecule has 2 aromatic rings. The maximum Gasteiger partial charge on any atom is 0.336 e. The molecule has 5 heteroatoms. The van der Waals surface area contributed by atoms with Crippen molar-refractivity contribution in [1.82, 2.24) is 0 Å². The van der Waals surface area contributed by atoms with Crippen LogP contribution in [0.2, 0.25) is 0 Å². The van der Waals surface area contributed by atoms with E-state index in [1.54, 1.807) is 6.07 Å². The van der Waals surface area contributed by atoms with E-state index in [1.807, 2.05) is 30.3 Å². The number of aromatic carboxylic acids is 1. The van der Waals surface area contributed by atoms with Gasteiger partial charge in [-0.15, -0.1) is 6.42 Å². The highest BCUT2D eigenvalue weighted by atomic mass is 16.7. The van der Waals surface area contributed by atoms with E-state index in [-0.39, 0.29) is 11.1 Å². The van der Waals surface area contributed by atoms with Crippen molar-refractivity contribution in [2.75, 3.05) is 13.2 Å². The molecule has 1 heterocycles. The smallest absolute Gasteiger partial charge is 0.336 e. The second-order valence-corrected chi connectivity index (χ2v) is 5.20. The summed E-state index contributed by atoms with van der Waals surface area (Å²) < 4.78 is 16.9. The molecule has 24 heavy (non-hydrogen) atoms. The van der Waals surface area contributed by atoms with Crippen molar-refractivity contribution < 1.29 is 24.1 Å². The van der Waals surface area contributed by atoms with E-state index >= 15 is 0 Å². The van der Waals surface area contributed by atoms with Gasteiger partial charge in [-0.2, -0.15) is 0 Å². The monoisotopic (exact) mass is 324 g/mol. The Kier molecular flexibility index (Phi) is 4.80. The minimum Gasteiger partial charge on any atom is -0.488 e. The van der Waals surface area contributed by atoms with Crippen LogP contribution in [0.3, 0.4) is 0 Å². The van der Waals surface area contributed by atoms with Gasteiger partial charge >= 0.3 is 5.97 Å². The van der Waals surface area contributed by atoms with Crippen molar-refractivity contribution in [2.24, 2.45) is 0 Å². The Balaban J connectivity index is 1.98. The molecule has 0 bridgehead atoms. The van der Waals surface area contributed by atoms with Crippen molar-refractivity contribution in [3.05, 3.63) is 64.7 Å². The topological polar surface area (TPSA) is 65.0 Å².